The van der Waals surface area contributed by atoms with Crippen molar-refractivity contribution in [3.8, 4) is 11.5 Å². The van der Waals surface area contributed by atoms with Gasteiger partial charge in [-0.25, -0.2) is 0 Å². The molecule has 1 unspecified atom stereocenters. The monoisotopic (exact) mass is 317 g/mol. The Bertz CT molecular complexity index is 360. The highest BCUT2D eigenvalue weighted by molar-refractivity contribution is 9.10. The van der Waals surface area contributed by atoms with Crippen molar-refractivity contribution in [3.05, 3.63) is 22.7 Å². The minimum absolute atomic E-state index is 0.0621. The van der Waals surface area contributed by atoms with Crippen molar-refractivity contribution in [1.82, 2.24) is 0 Å². The van der Waals surface area contributed by atoms with Crippen LogP contribution in [0.1, 0.15) is 13.3 Å². The van der Waals surface area contributed by atoms with Crippen molar-refractivity contribution in [2.45, 2.75) is 19.4 Å². The summed E-state index contributed by atoms with van der Waals surface area (Å²) in [6, 6.07) is 5.61. The van der Waals surface area contributed by atoms with E-state index in [9.17, 15) is 0 Å². The van der Waals surface area contributed by atoms with Crippen LogP contribution >= 0.6 is 15.9 Å². The van der Waals surface area contributed by atoms with Gasteiger partial charge < -0.3 is 19.9 Å². The van der Waals surface area contributed by atoms with Crippen LogP contribution in [-0.4, -0.2) is 33.0 Å². The summed E-state index contributed by atoms with van der Waals surface area (Å²) in [6.07, 6.45) is 0.843. The molecule has 0 aromatic heterocycles. The summed E-state index contributed by atoms with van der Waals surface area (Å²) in [5, 5.41) is 0. The summed E-state index contributed by atoms with van der Waals surface area (Å²) in [7, 11) is 1.64. The summed E-state index contributed by atoms with van der Waals surface area (Å²) >= 11 is 3.44. The van der Waals surface area contributed by atoms with E-state index in [1.165, 1.54) is 0 Å². The van der Waals surface area contributed by atoms with E-state index < -0.39 is 0 Å². The molecule has 0 fully saturated rings. The lowest BCUT2D eigenvalue weighted by molar-refractivity contribution is 0.0526. The molecular weight excluding hydrogens is 298 g/mol. The van der Waals surface area contributed by atoms with Gasteiger partial charge in [0.2, 0.25) is 0 Å². The molecule has 4 nitrogen and oxygen atoms in total. The zero-order valence-corrected chi connectivity index (χ0v) is 12.4. The smallest absolute Gasteiger partial charge is 0.133 e. The molecule has 0 saturated carbocycles. The Labute approximate surface area is 117 Å². The van der Waals surface area contributed by atoms with E-state index in [2.05, 4.69) is 15.9 Å². The first kappa shape index (κ1) is 15.3. The van der Waals surface area contributed by atoms with Gasteiger partial charge in [0.15, 0.2) is 0 Å². The molecule has 0 spiro atoms. The standard InChI is InChI=1S/C13H20BrNO3/c1-3-17-11(9-15)6-7-18-13-5-4-10(16-2)8-12(13)14/h4-5,8,11H,3,6-7,9,15H2,1-2H3. The van der Waals surface area contributed by atoms with Gasteiger partial charge in [-0.3, -0.25) is 0 Å². The fourth-order valence-electron chi connectivity index (χ4n) is 1.53. The summed E-state index contributed by atoms with van der Waals surface area (Å²) in [4.78, 5) is 0. The van der Waals surface area contributed by atoms with Gasteiger partial charge in [0.1, 0.15) is 11.5 Å². The number of benzene rings is 1. The molecule has 0 bridgehead atoms. The summed E-state index contributed by atoms with van der Waals surface area (Å²) in [5.74, 6) is 1.59. The molecule has 0 heterocycles. The second-order valence-corrected chi connectivity index (χ2v) is 4.60. The molecule has 18 heavy (non-hydrogen) atoms. The van der Waals surface area contributed by atoms with Crippen molar-refractivity contribution >= 4 is 15.9 Å². The molecule has 0 aliphatic rings. The fraction of sp³-hybridized carbons (Fsp3) is 0.538. The van der Waals surface area contributed by atoms with E-state index in [0.717, 1.165) is 22.4 Å². The molecule has 0 aliphatic carbocycles. The molecular formula is C13H20BrNO3. The lowest BCUT2D eigenvalue weighted by atomic mass is 10.2. The quantitative estimate of drug-likeness (QED) is 0.800. The molecule has 0 aliphatic heterocycles. The lowest BCUT2D eigenvalue weighted by Crippen LogP contribution is -2.25. The Morgan fingerprint density at radius 2 is 2.17 bits per heavy atom. The van der Waals surface area contributed by atoms with E-state index in [1.54, 1.807) is 7.11 Å². The van der Waals surface area contributed by atoms with E-state index in [0.29, 0.717) is 19.8 Å². The van der Waals surface area contributed by atoms with Crippen molar-refractivity contribution in [3.63, 3.8) is 0 Å². The third-order valence-electron chi connectivity index (χ3n) is 2.50. The number of halogens is 1. The summed E-state index contributed by atoms with van der Waals surface area (Å²) in [5.41, 5.74) is 5.60. The number of hydrogen-bond donors (Lipinski definition) is 1. The van der Waals surface area contributed by atoms with Crippen molar-refractivity contribution in [1.29, 1.82) is 0 Å². The summed E-state index contributed by atoms with van der Waals surface area (Å²) < 4.78 is 17.1. The van der Waals surface area contributed by atoms with Crippen LogP contribution in [0, 0.1) is 0 Å². The largest absolute Gasteiger partial charge is 0.497 e. The van der Waals surface area contributed by atoms with Crippen molar-refractivity contribution in [2.24, 2.45) is 5.73 Å². The van der Waals surface area contributed by atoms with Crippen LogP contribution in [0.2, 0.25) is 0 Å². The highest BCUT2D eigenvalue weighted by atomic mass is 79.9. The molecule has 0 amide bonds. The highest BCUT2D eigenvalue weighted by Crippen LogP contribution is 2.29. The average Bonchev–Trinajstić information content (AvgIpc) is 2.39. The minimum Gasteiger partial charge on any atom is -0.497 e. The van der Waals surface area contributed by atoms with Crippen LogP contribution in [0.4, 0.5) is 0 Å². The van der Waals surface area contributed by atoms with Gasteiger partial charge in [0.05, 0.1) is 24.3 Å². The number of nitrogens with two attached hydrogens (primary N) is 1. The van der Waals surface area contributed by atoms with Crippen LogP contribution in [0.3, 0.4) is 0 Å². The molecule has 1 aromatic carbocycles. The minimum atomic E-state index is 0.0621. The fourth-order valence-corrected chi connectivity index (χ4v) is 2.00. The van der Waals surface area contributed by atoms with E-state index in [1.807, 2.05) is 25.1 Å². The maximum absolute atomic E-state index is 5.68. The third-order valence-corrected chi connectivity index (χ3v) is 3.12. The van der Waals surface area contributed by atoms with Crippen LogP contribution in [0.15, 0.2) is 22.7 Å². The highest BCUT2D eigenvalue weighted by Gasteiger charge is 2.07. The van der Waals surface area contributed by atoms with Crippen LogP contribution in [-0.2, 0) is 4.74 Å². The predicted molar refractivity (Wildman–Crippen MR) is 75.3 cm³/mol. The van der Waals surface area contributed by atoms with Gasteiger partial charge >= 0.3 is 0 Å². The van der Waals surface area contributed by atoms with Crippen molar-refractivity contribution in [2.75, 3.05) is 26.9 Å². The third kappa shape index (κ3) is 4.84. The molecule has 0 saturated heterocycles. The number of ether oxygens (including phenoxy) is 3. The lowest BCUT2D eigenvalue weighted by Gasteiger charge is -2.15. The normalized spacial score (nSPS) is 12.2. The summed E-state index contributed by atoms with van der Waals surface area (Å²) in [6.45, 7) is 3.73. The van der Waals surface area contributed by atoms with E-state index in [-0.39, 0.29) is 6.10 Å². The van der Waals surface area contributed by atoms with Gasteiger partial charge in [-0.1, -0.05) is 0 Å². The zero-order chi connectivity index (χ0) is 13.4. The van der Waals surface area contributed by atoms with Gasteiger partial charge in [-0.15, -0.1) is 0 Å². The van der Waals surface area contributed by atoms with Crippen LogP contribution < -0.4 is 15.2 Å². The first-order valence-electron chi connectivity index (χ1n) is 5.99. The molecule has 2 N–H and O–H groups in total. The number of rotatable bonds is 8. The molecule has 102 valence electrons. The number of hydrogen-bond acceptors (Lipinski definition) is 4. The maximum atomic E-state index is 5.68. The molecule has 1 rings (SSSR count). The Morgan fingerprint density at radius 3 is 2.72 bits per heavy atom. The molecule has 5 heteroatoms. The first-order chi connectivity index (χ1) is 8.71. The Kier molecular flexibility index (Phi) is 7.08. The Balaban J connectivity index is 2.43. The van der Waals surface area contributed by atoms with Gasteiger partial charge in [0.25, 0.3) is 0 Å². The van der Waals surface area contributed by atoms with Gasteiger partial charge in [-0.2, -0.15) is 0 Å². The van der Waals surface area contributed by atoms with Crippen LogP contribution in [0.5, 0.6) is 11.5 Å². The zero-order valence-electron chi connectivity index (χ0n) is 10.8. The number of methoxy groups -OCH3 is 1. The van der Waals surface area contributed by atoms with Gasteiger partial charge in [0, 0.05) is 19.6 Å². The van der Waals surface area contributed by atoms with Gasteiger partial charge in [-0.05, 0) is 41.1 Å². The molecule has 0 radical (unpaired) electrons. The Hall–Kier alpha value is -0.780. The topological polar surface area (TPSA) is 53.7 Å². The van der Waals surface area contributed by atoms with E-state index in [4.69, 9.17) is 19.9 Å². The average molecular weight is 318 g/mol. The molecule has 1 atom stereocenters. The SMILES string of the molecule is CCOC(CN)CCOc1ccc(OC)cc1Br. The second-order valence-electron chi connectivity index (χ2n) is 3.75. The second kappa shape index (κ2) is 8.34. The molecule has 1 aromatic rings. The Morgan fingerprint density at radius 1 is 1.39 bits per heavy atom. The van der Waals surface area contributed by atoms with Crippen molar-refractivity contribution < 1.29 is 14.2 Å². The van der Waals surface area contributed by atoms with Crippen LogP contribution in [0.25, 0.3) is 0 Å². The predicted octanol–water partition coefficient (Wildman–Crippen LogP) is 2.59. The maximum Gasteiger partial charge on any atom is 0.133 e. The first-order valence-corrected chi connectivity index (χ1v) is 6.78. The van der Waals surface area contributed by atoms with E-state index >= 15 is 0 Å².